The van der Waals surface area contributed by atoms with Crippen molar-refractivity contribution in [3.63, 3.8) is 0 Å². The highest BCUT2D eigenvalue weighted by Gasteiger charge is 2.12. The third kappa shape index (κ3) is 3.14. The lowest BCUT2D eigenvalue weighted by molar-refractivity contribution is 0.282. The van der Waals surface area contributed by atoms with Gasteiger partial charge in [0.2, 0.25) is 0 Å². The van der Waals surface area contributed by atoms with Crippen LogP contribution in [0.25, 0.3) is 0 Å². The molecule has 0 fully saturated rings. The molecule has 0 aliphatic heterocycles. The summed E-state index contributed by atoms with van der Waals surface area (Å²) in [5.74, 6) is -0.267. The van der Waals surface area contributed by atoms with E-state index in [-0.39, 0.29) is 12.4 Å². The minimum Gasteiger partial charge on any atom is -0.392 e. The van der Waals surface area contributed by atoms with Crippen LogP contribution in [-0.4, -0.2) is 11.7 Å². The molecule has 19 heavy (non-hydrogen) atoms. The van der Waals surface area contributed by atoms with E-state index in [2.05, 4.69) is 15.9 Å². The van der Waals surface area contributed by atoms with Gasteiger partial charge in [0.25, 0.3) is 0 Å². The molecule has 0 aliphatic carbocycles. The molecule has 0 bridgehead atoms. The van der Waals surface area contributed by atoms with Crippen LogP contribution in [0, 0.1) is 5.82 Å². The Morgan fingerprint density at radius 1 is 1.21 bits per heavy atom. The number of hydrogen-bond donors (Lipinski definition) is 1. The molecule has 0 saturated carbocycles. The van der Waals surface area contributed by atoms with E-state index in [1.807, 2.05) is 36.1 Å². The summed E-state index contributed by atoms with van der Waals surface area (Å²) in [4.78, 5) is 1.97. The molecule has 0 spiro atoms. The standard InChI is InChI=1S/C15H15BrFNO/c1-2-18(14-5-3-4-13(17)9-14)15-8-12(16)7-6-11(15)10-19/h3-9,19H,2,10H2,1H3. The average molecular weight is 324 g/mol. The number of aliphatic hydroxyl groups excluding tert-OH is 1. The molecule has 0 aromatic heterocycles. The van der Waals surface area contributed by atoms with Gasteiger partial charge < -0.3 is 10.0 Å². The smallest absolute Gasteiger partial charge is 0.125 e. The molecule has 2 rings (SSSR count). The molecule has 0 saturated heterocycles. The van der Waals surface area contributed by atoms with E-state index in [0.717, 1.165) is 21.4 Å². The predicted molar refractivity (Wildman–Crippen MR) is 79.1 cm³/mol. The van der Waals surface area contributed by atoms with Gasteiger partial charge in [0.1, 0.15) is 5.82 Å². The van der Waals surface area contributed by atoms with Crippen molar-refractivity contribution >= 4 is 27.3 Å². The van der Waals surface area contributed by atoms with Crippen molar-refractivity contribution < 1.29 is 9.50 Å². The summed E-state index contributed by atoms with van der Waals surface area (Å²) in [6, 6.07) is 12.1. The summed E-state index contributed by atoms with van der Waals surface area (Å²) in [6.07, 6.45) is 0. The van der Waals surface area contributed by atoms with Crippen LogP contribution < -0.4 is 4.90 Å². The Balaban J connectivity index is 2.50. The molecule has 0 amide bonds. The highest BCUT2D eigenvalue weighted by Crippen LogP contribution is 2.31. The van der Waals surface area contributed by atoms with Gasteiger partial charge in [0.15, 0.2) is 0 Å². The van der Waals surface area contributed by atoms with Gasteiger partial charge >= 0.3 is 0 Å². The maximum atomic E-state index is 13.4. The van der Waals surface area contributed by atoms with Crippen molar-refractivity contribution in [3.8, 4) is 0 Å². The molecule has 0 radical (unpaired) electrons. The van der Waals surface area contributed by atoms with Crippen LogP contribution in [0.1, 0.15) is 12.5 Å². The highest BCUT2D eigenvalue weighted by molar-refractivity contribution is 9.10. The average Bonchev–Trinajstić information content (AvgIpc) is 2.40. The molecule has 0 heterocycles. The fraction of sp³-hybridized carbons (Fsp3) is 0.200. The fourth-order valence-corrected chi connectivity index (χ4v) is 2.41. The monoisotopic (exact) mass is 323 g/mol. The van der Waals surface area contributed by atoms with Gasteiger partial charge in [-0.1, -0.05) is 28.1 Å². The lowest BCUT2D eigenvalue weighted by Crippen LogP contribution is -2.18. The van der Waals surface area contributed by atoms with E-state index >= 15 is 0 Å². The minimum atomic E-state index is -0.267. The first-order valence-corrected chi connectivity index (χ1v) is 6.87. The number of benzene rings is 2. The van der Waals surface area contributed by atoms with E-state index < -0.39 is 0 Å². The van der Waals surface area contributed by atoms with E-state index in [4.69, 9.17) is 0 Å². The van der Waals surface area contributed by atoms with Crippen molar-refractivity contribution in [2.75, 3.05) is 11.4 Å². The van der Waals surface area contributed by atoms with Crippen molar-refractivity contribution in [2.24, 2.45) is 0 Å². The first kappa shape index (κ1) is 14.0. The number of rotatable bonds is 4. The maximum absolute atomic E-state index is 13.4. The summed E-state index contributed by atoms with van der Waals surface area (Å²) in [6.45, 7) is 2.63. The fourth-order valence-electron chi connectivity index (χ4n) is 2.06. The van der Waals surface area contributed by atoms with Gasteiger partial charge in [-0.25, -0.2) is 4.39 Å². The molecular weight excluding hydrogens is 309 g/mol. The molecule has 4 heteroatoms. The van der Waals surface area contributed by atoms with Gasteiger partial charge in [-0.2, -0.15) is 0 Å². The summed E-state index contributed by atoms with van der Waals surface area (Å²) in [5.41, 5.74) is 2.47. The number of hydrogen-bond acceptors (Lipinski definition) is 2. The molecule has 0 aliphatic rings. The predicted octanol–water partition coefficient (Wildman–Crippen LogP) is 4.24. The minimum absolute atomic E-state index is 0.0472. The van der Waals surface area contributed by atoms with Crippen molar-refractivity contribution in [2.45, 2.75) is 13.5 Å². The van der Waals surface area contributed by atoms with Crippen LogP contribution in [-0.2, 0) is 6.61 Å². The molecule has 2 aromatic carbocycles. The summed E-state index contributed by atoms with van der Waals surface area (Å²) in [5, 5.41) is 9.44. The number of nitrogens with zero attached hydrogens (tertiary/aromatic N) is 1. The first-order chi connectivity index (χ1) is 9.15. The number of aliphatic hydroxyl groups is 1. The number of anilines is 2. The van der Waals surface area contributed by atoms with Crippen molar-refractivity contribution in [3.05, 3.63) is 58.3 Å². The van der Waals surface area contributed by atoms with E-state index in [1.165, 1.54) is 12.1 Å². The number of halogens is 2. The summed E-state index contributed by atoms with van der Waals surface area (Å²) < 4.78 is 14.3. The van der Waals surface area contributed by atoms with Crippen LogP contribution in [0.3, 0.4) is 0 Å². The summed E-state index contributed by atoms with van der Waals surface area (Å²) in [7, 11) is 0. The highest BCUT2D eigenvalue weighted by atomic mass is 79.9. The Morgan fingerprint density at radius 3 is 2.63 bits per heavy atom. The van der Waals surface area contributed by atoms with Crippen LogP contribution in [0.15, 0.2) is 46.9 Å². The SMILES string of the molecule is CCN(c1cccc(F)c1)c1cc(Br)ccc1CO. The van der Waals surface area contributed by atoms with Gasteiger partial charge in [-0.3, -0.25) is 0 Å². The second-order valence-electron chi connectivity index (χ2n) is 4.16. The van der Waals surface area contributed by atoms with Crippen molar-refractivity contribution in [1.82, 2.24) is 0 Å². The zero-order valence-electron chi connectivity index (χ0n) is 10.6. The zero-order valence-corrected chi connectivity index (χ0v) is 12.2. The zero-order chi connectivity index (χ0) is 13.8. The van der Waals surface area contributed by atoms with Crippen LogP contribution in [0.4, 0.5) is 15.8 Å². The molecule has 0 atom stereocenters. The molecule has 100 valence electrons. The molecule has 2 nitrogen and oxygen atoms in total. The Kier molecular flexibility index (Phi) is 4.56. The Morgan fingerprint density at radius 2 is 2.00 bits per heavy atom. The first-order valence-electron chi connectivity index (χ1n) is 6.08. The lowest BCUT2D eigenvalue weighted by atomic mass is 10.1. The van der Waals surface area contributed by atoms with Gasteiger partial charge in [0.05, 0.1) is 6.61 Å². The topological polar surface area (TPSA) is 23.5 Å². The molecule has 2 aromatic rings. The van der Waals surface area contributed by atoms with Crippen molar-refractivity contribution in [1.29, 1.82) is 0 Å². The maximum Gasteiger partial charge on any atom is 0.125 e. The van der Waals surface area contributed by atoms with Gasteiger partial charge in [-0.15, -0.1) is 0 Å². The molecule has 1 N–H and O–H groups in total. The van der Waals surface area contributed by atoms with Crippen LogP contribution in [0.2, 0.25) is 0 Å². The third-order valence-corrected chi connectivity index (χ3v) is 3.44. The quantitative estimate of drug-likeness (QED) is 0.909. The molecule has 0 unspecified atom stereocenters. The largest absolute Gasteiger partial charge is 0.392 e. The van der Waals surface area contributed by atoms with E-state index in [0.29, 0.717) is 6.54 Å². The third-order valence-electron chi connectivity index (χ3n) is 2.94. The van der Waals surface area contributed by atoms with Crippen LogP contribution in [0.5, 0.6) is 0 Å². The Labute approximate surface area is 120 Å². The van der Waals surface area contributed by atoms with Gasteiger partial charge in [-0.05, 0) is 37.3 Å². The summed E-state index contributed by atoms with van der Waals surface area (Å²) >= 11 is 3.43. The second-order valence-corrected chi connectivity index (χ2v) is 5.07. The van der Waals surface area contributed by atoms with Gasteiger partial charge in [0, 0.05) is 28.0 Å². The van der Waals surface area contributed by atoms with E-state index in [9.17, 15) is 9.50 Å². The Bertz CT molecular complexity index is 574. The lowest BCUT2D eigenvalue weighted by Gasteiger charge is -2.25. The normalized spacial score (nSPS) is 10.5. The second kappa shape index (κ2) is 6.17. The van der Waals surface area contributed by atoms with Crippen LogP contribution >= 0.6 is 15.9 Å². The van der Waals surface area contributed by atoms with E-state index in [1.54, 1.807) is 6.07 Å². The molecular formula is C15H15BrFNO. The Hall–Kier alpha value is -1.39.